The van der Waals surface area contributed by atoms with E-state index in [2.05, 4.69) is 36.4 Å². The minimum Gasteiger partial charge on any atom is -0.378 e. The monoisotopic (exact) mass is 556 g/mol. The molecule has 0 aromatic heterocycles. The number of nitrogens with zero attached hydrogens (tertiary/aromatic N) is 2. The van der Waals surface area contributed by atoms with E-state index in [1.54, 1.807) is 7.11 Å². The molecule has 1 aliphatic heterocycles. The van der Waals surface area contributed by atoms with E-state index in [9.17, 15) is 21.6 Å². The Morgan fingerprint density at radius 1 is 1.21 bits per heavy atom. The Morgan fingerprint density at radius 3 is 2.17 bits per heavy atom. The van der Waals surface area contributed by atoms with E-state index in [1.165, 1.54) is 0 Å². The molecule has 172 valence electrons. The number of aliphatic imine (C=N–C) groups is 1. The third kappa shape index (κ3) is 5.29. The molecule has 12 heteroatoms. The number of hydrogen-bond acceptors (Lipinski definition) is 4. The van der Waals surface area contributed by atoms with Gasteiger partial charge in [0, 0.05) is 44.2 Å². The van der Waals surface area contributed by atoms with Gasteiger partial charge < -0.3 is 15.4 Å². The van der Waals surface area contributed by atoms with Gasteiger partial charge in [0.05, 0.1) is 5.60 Å². The molecule has 0 spiro atoms. The fourth-order valence-corrected chi connectivity index (χ4v) is 4.74. The van der Waals surface area contributed by atoms with Gasteiger partial charge >= 0.3 is 15.5 Å². The Balaban J connectivity index is 0.00000420. The Hall–Kier alpha value is -0.340. The first-order chi connectivity index (χ1) is 12.8. The molecule has 2 fully saturated rings. The normalized spacial score (nSPS) is 29.0. The molecular formula is C17H32F3IN4O3S. The van der Waals surface area contributed by atoms with Crippen LogP contribution in [0.25, 0.3) is 0 Å². The summed E-state index contributed by atoms with van der Waals surface area (Å²) in [7, 11) is -3.57. The predicted molar refractivity (Wildman–Crippen MR) is 117 cm³/mol. The highest BCUT2D eigenvalue weighted by Gasteiger charge is 2.58. The zero-order valence-electron chi connectivity index (χ0n) is 17.5. The third-order valence-corrected chi connectivity index (χ3v) is 7.96. The zero-order valence-corrected chi connectivity index (χ0v) is 20.6. The predicted octanol–water partition coefficient (Wildman–Crippen LogP) is 2.68. The molecule has 7 nitrogen and oxygen atoms in total. The Morgan fingerprint density at radius 2 is 1.76 bits per heavy atom. The van der Waals surface area contributed by atoms with Gasteiger partial charge in [-0.25, -0.2) is 8.42 Å². The van der Waals surface area contributed by atoms with Gasteiger partial charge in [0.15, 0.2) is 5.96 Å². The number of alkyl halides is 3. The smallest absolute Gasteiger partial charge is 0.378 e. The van der Waals surface area contributed by atoms with Crippen LogP contribution in [0.4, 0.5) is 13.2 Å². The molecule has 0 aromatic rings. The number of sulfonamides is 1. The number of methoxy groups -OCH3 is 1. The van der Waals surface area contributed by atoms with Crippen LogP contribution in [0, 0.1) is 5.41 Å². The van der Waals surface area contributed by atoms with Gasteiger partial charge in [0.25, 0.3) is 0 Å². The van der Waals surface area contributed by atoms with Gasteiger partial charge in [-0.05, 0) is 33.1 Å². The van der Waals surface area contributed by atoms with Gasteiger partial charge in [-0.15, -0.1) is 24.0 Å². The lowest BCUT2D eigenvalue weighted by Gasteiger charge is -2.59. The van der Waals surface area contributed by atoms with Gasteiger partial charge in [0.1, 0.15) is 0 Å². The lowest BCUT2D eigenvalue weighted by Crippen LogP contribution is -2.70. The summed E-state index contributed by atoms with van der Waals surface area (Å²) in [5.74, 6) is 0.593. The molecule has 2 N–H and O–H groups in total. The van der Waals surface area contributed by atoms with E-state index in [1.807, 2.05) is 6.92 Å². The van der Waals surface area contributed by atoms with Crippen LogP contribution in [0.15, 0.2) is 4.99 Å². The van der Waals surface area contributed by atoms with Crippen LogP contribution in [0.1, 0.15) is 47.0 Å². The van der Waals surface area contributed by atoms with Gasteiger partial charge in [-0.2, -0.15) is 17.5 Å². The fourth-order valence-electron chi connectivity index (χ4n) is 3.76. The summed E-state index contributed by atoms with van der Waals surface area (Å²) in [6.45, 7) is 8.39. The average molecular weight is 556 g/mol. The summed E-state index contributed by atoms with van der Waals surface area (Å²) >= 11 is 0. The molecule has 0 bridgehead atoms. The van der Waals surface area contributed by atoms with Crippen molar-refractivity contribution in [1.82, 2.24) is 14.9 Å². The van der Waals surface area contributed by atoms with Gasteiger partial charge in [0.2, 0.25) is 0 Å². The Kier molecular flexibility index (Phi) is 8.68. The average Bonchev–Trinajstić information content (AvgIpc) is 2.60. The van der Waals surface area contributed by atoms with Crippen LogP contribution >= 0.6 is 24.0 Å². The summed E-state index contributed by atoms with van der Waals surface area (Å²) < 4.78 is 67.3. The van der Waals surface area contributed by atoms with Crippen LogP contribution in [0.5, 0.6) is 0 Å². The highest BCUT2D eigenvalue weighted by Crippen LogP contribution is 2.51. The summed E-state index contributed by atoms with van der Waals surface area (Å²) in [4.78, 5) is 4.43. The van der Waals surface area contributed by atoms with Crippen molar-refractivity contribution in [1.29, 1.82) is 0 Å². The van der Waals surface area contributed by atoms with E-state index >= 15 is 0 Å². The van der Waals surface area contributed by atoms with Crippen LogP contribution in [-0.2, 0) is 14.8 Å². The second-order valence-electron chi connectivity index (χ2n) is 8.15. The van der Waals surface area contributed by atoms with E-state index in [0.717, 1.165) is 6.42 Å². The van der Waals surface area contributed by atoms with Crippen molar-refractivity contribution in [3.8, 4) is 0 Å². The molecule has 2 rings (SSSR count). The van der Waals surface area contributed by atoms with Crippen molar-refractivity contribution in [2.75, 3.05) is 26.7 Å². The van der Waals surface area contributed by atoms with Crippen molar-refractivity contribution in [3.05, 3.63) is 0 Å². The third-order valence-electron chi connectivity index (χ3n) is 6.33. The zero-order chi connectivity index (χ0) is 21.4. The number of hydrogen-bond donors (Lipinski definition) is 2. The van der Waals surface area contributed by atoms with Gasteiger partial charge in [-0.3, -0.25) is 4.99 Å². The van der Waals surface area contributed by atoms with Crippen LogP contribution in [-0.4, -0.2) is 68.6 Å². The molecule has 0 radical (unpaired) electrons. The van der Waals surface area contributed by atoms with Crippen molar-refractivity contribution >= 4 is 40.0 Å². The second-order valence-corrected chi connectivity index (χ2v) is 10.1. The molecule has 2 aliphatic rings. The number of ether oxygens (including phenoxy) is 1. The van der Waals surface area contributed by atoms with Crippen LogP contribution in [0.3, 0.4) is 0 Å². The van der Waals surface area contributed by atoms with Gasteiger partial charge in [-0.1, -0.05) is 13.8 Å². The minimum atomic E-state index is -5.26. The molecule has 2 unspecified atom stereocenters. The first kappa shape index (κ1) is 26.7. The second kappa shape index (κ2) is 9.43. The first-order valence-corrected chi connectivity index (χ1v) is 10.9. The summed E-state index contributed by atoms with van der Waals surface area (Å²) in [5.41, 5.74) is -5.62. The Bertz CT molecular complexity index is 695. The SMILES string of the molecule is CCN=C(NC1CCN(S(=O)(=O)C(F)(F)F)CC1)NC1CC(C)(OC)C1(C)C.I. The van der Waals surface area contributed by atoms with E-state index in [4.69, 9.17) is 4.74 Å². The van der Waals surface area contributed by atoms with E-state index < -0.39 is 15.5 Å². The molecule has 1 aliphatic carbocycles. The standard InChI is InChI=1S/C17H31F3N4O3S.HI/c1-6-21-14(23-13-11-16(4,27-5)15(13,2)3)22-12-7-9-24(10-8-12)28(25,26)17(18,19)20;/h12-13H,6-11H2,1-5H3,(H2,21,22,23);1H. The lowest BCUT2D eigenvalue weighted by atomic mass is 9.56. The summed E-state index contributed by atoms with van der Waals surface area (Å²) in [6.07, 6.45) is 1.37. The highest BCUT2D eigenvalue weighted by molar-refractivity contribution is 14.0. The van der Waals surface area contributed by atoms with Crippen LogP contribution < -0.4 is 10.6 Å². The maximum atomic E-state index is 12.7. The number of nitrogens with one attached hydrogen (secondary N) is 2. The number of rotatable bonds is 5. The topological polar surface area (TPSA) is 83.0 Å². The molecule has 0 amide bonds. The largest absolute Gasteiger partial charge is 0.511 e. The number of guanidine groups is 1. The van der Waals surface area contributed by atoms with Crippen molar-refractivity contribution in [3.63, 3.8) is 0 Å². The molecular weight excluding hydrogens is 524 g/mol. The highest BCUT2D eigenvalue weighted by atomic mass is 127. The van der Waals surface area contributed by atoms with Crippen LogP contribution in [0.2, 0.25) is 0 Å². The minimum absolute atomic E-state index is 0. The van der Waals surface area contributed by atoms with Crippen molar-refractivity contribution in [2.45, 2.75) is 70.2 Å². The van der Waals surface area contributed by atoms with Crippen molar-refractivity contribution < 1.29 is 26.3 Å². The van der Waals surface area contributed by atoms with E-state index in [-0.39, 0.29) is 73.0 Å². The molecule has 1 saturated heterocycles. The summed E-state index contributed by atoms with van der Waals surface area (Å²) in [5, 5.41) is 6.64. The molecule has 1 heterocycles. The lowest BCUT2D eigenvalue weighted by molar-refractivity contribution is -0.176. The first-order valence-electron chi connectivity index (χ1n) is 9.47. The molecule has 2 atom stereocenters. The summed E-state index contributed by atoms with van der Waals surface area (Å²) in [6, 6.07) is -0.00423. The Labute approximate surface area is 188 Å². The molecule has 1 saturated carbocycles. The number of piperidine rings is 1. The molecule has 29 heavy (non-hydrogen) atoms. The van der Waals surface area contributed by atoms with Crippen molar-refractivity contribution in [2.24, 2.45) is 10.4 Å². The van der Waals surface area contributed by atoms with E-state index in [0.29, 0.717) is 16.8 Å². The maximum Gasteiger partial charge on any atom is 0.511 e. The maximum absolute atomic E-state index is 12.7. The fraction of sp³-hybridized carbons (Fsp3) is 0.941. The molecule has 0 aromatic carbocycles. The quantitative estimate of drug-likeness (QED) is 0.309. The number of halogens is 4.